The number of hydroxylamine groups is 1. The molecule has 1 aromatic heterocycles. The fraction of sp³-hybridized carbons (Fsp3) is 0.238. The van der Waals surface area contributed by atoms with Gasteiger partial charge in [-0.2, -0.15) is 0 Å². The Hall–Kier alpha value is -3.12. The average molecular weight is 361 g/mol. The second kappa shape index (κ2) is 5.96. The highest BCUT2D eigenvalue weighted by Gasteiger charge is 2.59. The summed E-state index contributed by atoms with van der Waals surface area (Å²) < 4.78 is 0. The number of amides is 2. The molecule has 0 unspecified atom stereocenters. The molecule has 2 aliphatic rings. The van der Waals surface area contributed by atoms with Crippen LogP contribution >= 0.6 is 0 Å². The van der Waals surface area contributed by atoms with E-state index < -0.39 is 12.0 Å². The molecule has 2 aromatic carbocycles. The third-order valence-corrected chi connectivity index (χ3v) is 5.47. The van der Waals surface area contributed by atoms with E-state index in [0.717, 1.165) is 22.2 Å². The summed E-state index contributed by atoms with van der Waals surface area (Å²) in [7, 11) is 0. The van der Waals surface area contributed by atoms with E-state index in [1.165, 1.54) is 4.90 Å². The van der Waals surface area contributed by atoms with Crippen LogP contribution in [0.3, 0.4) is 0 Å². The van der Waals surface area contributed by atoms with Gasteiger partial charge in [0.25, 0.3) is 5.91 Å². The summed E-state index contributed by atoms with van der Waals surface area (Å²) in [5.41, 5.74) is 2.78. The quantitative estimate of drug-likeness (QED) is 0.728. The molecular weight excluding hydrogens is 342 g/mol. The van der Waals surface area contributed by atoms with Crippen molar-refractivity contribution in [2.75, 3.05) is 11.6 Å². The van der Waals surface area contributed by atoms with E-state index in [9.17, 15) is 9.59 Å². The number of H-pyrrole nitrogens is 1. The number of benzene rings is 2. The Kier molecular flexibility index (Phi) is 3.55. The first-order valence-electron chi connectivity index (χ1n) is 9.13. The minimum atomic E-state index is -0.781. The number of carbonyl (C=O) groups is 2. The van der Waals surface area contributed by atoms with Crippen LogP contribution in [-0.2, 0) is 14.4 Å². The molecule has 27 heavy (non-hydrogen) atoms. The van der Waals surface area contributed by atoms with Crippen LogP contribution in [-0.4, -0.2) is 34.3 Å². The molecule has 0 bridgehead atoms. The van der Waals surface area contributed by atoms with Crippen LogP contribution in [0.5, 0.6) is 0 Å². The fourth-order valence-corrected chi connectivity index (χ4v) is 4.24. The minimum absolute atomic E-state index is 0.166. The van der Waals surface area contributed by atoms with E-state index in [-0.39, 0.29) is 17.9 Å². The number of aromatic nitrogens is 1. The Morgan fingerprint density at radius 2 is 1.74 bits per heavy atom. The van der Waals surface area contributed by atoms with Crippen molar-refractivity contribution < 1.29 is 14.4 Å². The zero-order valence-electron chi connectivity index (χ0n) is 14.8. The molecule has 6 heteroatoms. The largest absolute Gasteiger partial charge is 0.361 e. The molecule has 136 valence electrons. The van der Waals surface area contributed by atoms with E-state index in [1.807, 2.05) is 67.7 Å². The van der Waals surface area contributed by atoms with Gasteiger partial charge in [0.2, 0.25) is 5.91 Å². The van der Waals surface area contributed by atoms with Gasteiger partial charge in [0.05, 0.1) is 11.7 Å². The topological polar surface area (TPSA) is 65.6 Å². The summed E-state index contributed by atoms with van der Waals surface area (Å²) in [6, 6.07) is 17.2. The predicted molar refractivity (Wildman–Crippen MR) is 101 cm³/mol. The molecule has 2 saturated heterocycles. The molecular formula is C21H19N3O3. The second-order valence-electron chi connectivity index (χ2n) is 6.87. The Morgan fingerprint density at radius 3 is 2.52 bits per heavy atom. The molecule has 3 aromatic rings. The van der Waals surface area contributed by atoms with Gasteiger partial charge in [-0.15, -0.1) is 0 Å². The van der Waals surface area contributed by atoms with Crippen molar-refractivity contribution in [3.63, 3.8) is 0 Å². The number of aromatic amines is 1. The Morgan fingerprint density at radius 1 is 1.00 bits per heavy atom. The van der Waals surface area contributed by atoms with Gasteiger partial charge in [0, 0.05) is 29.2 Å². The third kappa shape index (κ3) is 2.23. The number of nitrogens with zero attached hydrogens (tertiary/aromatic N) is 2. The maximum Gasteiger partial charge on any atom is 0.261 e. The lowest BCUT2D eigenvalue weighted by molar-refractivity contribution is -0.142. The maximum atomic E-state index is 13.0. The molecule has 2 fully saturated rings. The van der Waals surface area contributed by atoms with Crippen molar-refractivity contribution in [2.24, 2.45) is 5.92 Å². The Balaban J connectivity index is 1.68. The van der Waals surface area contributed by atoms with E-state index in [1.54, 1.807) is 5.06 Å². The van der Waals surface area contributed by atoms with Gasteiger partial charge >= 0.3 is 0 Å². The summed E-state index contributed by atoms with van der Waals surface area (Å²) in [5, 5.41) is 2.76. The summed E-state index contributed by atoms with van der Waals surface area (Å²) in [6.07, 6.45) is 1.14. The Bertz CT molecular complexity index is 1030. The smallest absolute Gasteiger partial charge is 0.261 e. The van der Waals surface area contributed by atoms with E-state index >= 15 is 0 Å². The number of anilines is 1. The number of hydrogen-bond donors (Lipinski definition) is 1. The number of imide groups is 1. The molecule has 0 saturated carbocycles. The summed E-state index contributed by atoms with van der Waals surface area (Å²) in [4.78, 5) is 36.4. The first-order chi connectivity index (χ1) is 13.2. The first-order valence-corrected chi connectivity index (χ1v) is 9.13. The number of carbonyl (C=O) groups excluding carboxylic acids is 2. The first kappa shape index (κ1) is 16.1. The van der Waals surface area contributed by atoms with Crippen LogP contribution in [0, 0.1) is 5.92 Å². The van der Waals surface area contributed by atoms with Gasteiger partial charge in [-0.25, -0.2) is 5.06 Å². The van der Waals surface area contributed by atoms with Crippen molar-refractivity contribution in [3.8, 4) is 0 Å². The normalized spacial score (nSPS) is 24.9. The number of likely N-dealkylation sites (tertiary alicyclic amines) is 1. The second-order valence-corrected chi connectivity index (χ2v) is 6.87. The van der Waals surface area contributed by atoms with E-state index in [0.29, 0.717) is 6.54 Å². The summed E-state index contributed by atoms with van der Waals surface area (Å²) in [6.45, 7) is 2.17. The molecule has 6 nitrogen and oxygen atoms in total. The standard InChI is InChI=1S/C21H19N3O3/c1-2-23-20(25)17-18(15-12-22-16-11-7-6-10-14(15)16)24(27-19(17)21(23)26)13-8-4-3-5-9-13/h3-12,17-19,22H,2H2,1H3/t17-,18-,19+/m1/s1. The van der Waals surface area contributed by atoms with Gasteiger partial charge in [-0.1, -0.05) is 36.4 Å². The van der Waals surface area contributed by atoms with Crippen molar-refractivity contribution in [3.05, 3.63) is 66.4 Å². The number of para-hydroxylation sites is 2. The van der Waals surface area contributed by atoms with E-state index in [4.69, 9.17) is 4.84 Å². The molecule has 1 N–H and O–H groups in total. The van der Waals surface area contributed by atoms with Gasteiger partial charge in [0.1, 0.15) is 5.92 Å². The van der Waals surface area contributed by atoms with Crippen molar-refractivity contribution in [1.82, 2.24) is 9.88 Å². The minimum Gasteiger partial charge on any atom is -0.361 e. The summed E-state index contributed by atoms with van der Waals surface area (Å²) >= 11 is 0. The highest BCUT2D eigenvalue weighted by molar-refractivity contribution is 6.08. The monoisotopic (exact) mass is 361 g/mol. The zero-order chi connectivity index (χ0) is 18.5. The van der Waals surface area contributed by atoms with Gasteiger partial charge in [-0.05, 0) is 25.1 Å². The van der Waals surface area contributed by atoms with Crippen LogP contribution in [0.25, 0.3) is 10.9 Å². The van der Waals surface area contributed by atoms with Gasteiger partial charge < -0.3 is 4.98 Å². The molecule has 2 aliphatic heterocycles. The highest BCUT2D eigenvalue weighted by Crippen LogP contribution is 2.48. The molecule has 0 spiro atoms. The molecule has 0 radical (unpaired) electrons. The fourth-order valence-electron chi connectivity index (χ4n) is 4.24. The maximum absolute atomic E-state index is 13.0. The van der Waals surface area contributed by atoms with Gasteiger partial charge in [0.15, 0.2) is 6.10 Å². The van der Waals surface area contributed by atoms with E-state index in [2.05, 4.69) is 4.98 Å². The number of nitrogens with one attached hydrogen (secondary N) is 1. The molecule has 0 aliphatic carbocycles. The predicted octanol–water partition coefficient (Wildman–Crippen LogP) is 3.03. The molecule has 3 atom stereocenters. The summed E-state index contributed by atoms with van der Waals surface area (Å²) in [5.74, 6) is -0.978. The molecule has 2 amide bonds. The number of hydrogen-bond acceptors (Lipinski definition) is 4. The SMILES string of the molecule is CCN1C(=O)[C@H]2[C@H](ON(c3ccccc3)[C@@H]2c2c[nH]c3ccccc23)C1=O. The van der Waals surface area contributed by atoms with Crippen molar-refractivity contribution >= 4 is 28.4 Å². The average Bonchev–Trinajstić information content (AvgIpc) is 3.35. The van der Waals surface area contributed by atoms with Crippen LogP contribution < -0.4 is 5.06 Å². The van der Waals surface area contributed by atoms with Crippen LogP contribution in [0.15, 0.2) is 60.8 Å². The lowest BCUT2D eigenvalue weighted by atomic mass is 9.90. The lowest BCUT2D eigenvalue weighted by Gasteiger charge is -2.28. The lowest BCUT2D eigenvalue weighted by Crippen LogP contribution is -2.37. The Labute approximate surface area is 156 Å². The highest BCUT2D eigenvalue weighted by atomic mass is 16.7. The molecule has 3 heterocycles. The third-order valence-electron chi connectivity index (χ3n) is 5.47. The van der Waals surface area contributed by atoms with Gasteiger partial charge in [-0.3, -0.25) is 19.3 Å². The molecule has 5 rings (SSSR count). The van der Waals surface area contributed by atoms with Crippen molar-refractivity contribution in [1.29, 1.82) is 0 Å². The number of rotatable bonds is 3. The van der Waals surface area contributed by atoms with Crippen LogP contribution in [0.2, 0.25) is 0 Å². The van der Waals surface area contributed by atoms with Crippen LogP contribution in [0.1, 0.15) is 18.5 Å². The van der Waals surface area contributed by atoms with Crippen LogP contribution in [0.4, 0.5) is 5.69 Å². The zero-order valence-corrected chi connectivity index (χ0v) is 14.8. The number of fused-ring (bicyclic) bond motifs is 2. The number of likely N-dealkylation sites (N-methyl/N-ethyl adjacent to an activating group) is 1. The van der Waals surface area contributed by atoms with Crippen molar-refractivity contribution in [2.45, 2.75) is 19.1 Å².